The van der Waals surface area contributed by atoms with Crippen molar-refractivity contribution in [2.24, 2.45) is 0 Å². The molecule has 3 rings (SSSR count). The van der Waals surface area contributed by atoms with Crippen LogP contribution in [0.4, 0.5) is 16.0 Å². The predicted octanol–water partition coefficient (Wildman–Crippen LogP) is 3.43. The van der Waals surface area contributed by atoms with Gasteiger partial charge in [0, 0.05) is 37.7 Å². The fraction of sp³-hybridized carbons (Fsp3) is 0.158. The van der Waals surface area contributed by atoms with Gasteiger partial charge in [0.15, 0.2) is 0 Å². The van der Waals surface area contributed by atoms with Crippen LogP contribution in [0.3, 0.4) is 0 Å². The van der Waals surface area contributed by atoms with Crippen molar-refractivity contribution in [1.29, 1.82) is 0 Å². The normalized spacial score (nSPS) is 10.5. The fourth-order valence-corrected chi connectivity index (χ4v) is 2.37. The highest BCUT2D eigenvalue weighted by Gasteiger charge is 2.11. The van der Waals surface area contributed by atoms with E-state index in [9.17, 15) is 9.18 Å². The maximum atomic E-state index is 13.4. The molecule has 2 aromatic heterocycles. The second-order valence-corrected chi connectivity index (χ2v) is 5.98. The van der Waals surface area contributed by atoms with Crippen molar-refractivity contribution in [3.8, 4) is 11.3 Å². The van der Waals surface area contributed by atoms with E-state index in [1.165, 1.54) is 11.0 Å². The van der Waals surface area contributed by atoms with E-state index in [4.69, 9.17) is 0 Å². The first kappa shape index (κ1) is 17.5. The van der Waals surface area contributed by atoms with Crippen LogP contribution in [-0.2, 0) is 0 Å². The number of nitrogens with one attached hydrogen (secondary N) is 1. The molecule has 26 heavy (non-hydrogen) atoms. The van der Waals surface area contributed by atoms with Gasteiger partial charge in [0.25, 0.3) is 5.91 Å². The third kappa shape index (κ3) is 3.83. The molecule has 1 N–H and O–H groups in total. The van der Waals surface area contributed by atoms with Crippen molar-refractivity contribution < 1.29 is 9.18 Å². The van der Waals surface area contributed by atoms with E-state index >= 15 is 0 Å². The number of hydrogen-bond acceptors (Lipinski definition) is 5. The topological polar surface area (TPSA) is 71.0 Å². The van der Waals surface area contributed by atoms with Crippen molar-refractivity contribution in [1.82, 2.24) is 19.9 Å². The fourth-order valence-electron chi connectivity index (χ4n) is 2.37. The SMILES string of the molecule is Cc1cc(Nc2nccc(-c3ccnc(C(=O)N(C)C)c3)n2)ccc1F. The molecular weight excluding hydrogens is 333 g/mol. The number of halogens is 1. The van der Waals surface area contributed by atoms with Gasteiger partial charge in [-0.1, -0.05) is 0 Å². The lowest BCUT2D eigenvalue weighted by atomic mass is 10.1. The van der Waals surface area contributed by atoms with Gasteiger partial charge in [0.05, 0.1) is 5.69 Å². The molecule has 7 heteroatoms. The summed E-state index contributed by atoms with van der Waals surface area (Å²) in [7, 11) is 3.35. The number of aryl methyl sites for hydroxylation is 1. The molecule has 0 saturated carbocycles. The molecule has 1 amide bonds. The highest BCUT2D eigenvalue weighted by atomic mass is 19.1. The Bertz CT molecular complexity index is 958. The van der Waals surface area contributed by atoms with E-state index in [1.807, 2.05) is 0 Å². The lowest BCUT2D eigenvalue weighted by Gasteiger charge is -2.11. The largest absolute Gasteiger partial charge is 0.343 e. The van der Waals surface area contributed by atoms with Crippen LogP contribution < -0.4 is 5.32 Å². The molecule has 1 aromatic carbocycles. The Morgan fingerprint density at radius 1 is 1.08 bits per heavy atom. The van der Waals surface area contributed by atoms with Crippen molar-refractivity contribution in [2.45, 2.75) is 6.92 Å². The number of aromatic nitrogens is 3. The molecule has 0 spiro atoms. The van der Waals surface area contributed by atoms with Gasteiger partial charge >= 0.3 is 0 Å². The summed E-state index contributed by atoms with van der Waals surface area (Å²) in [5.41, 5.74) is 2.98. The quantitative estimate of drug-likeness (QED) is 0.780. The zero-order valence-corrected chi connectivity index (χ0v) is 14.7. The van der Waals surface area contributed by atoms with Crippen molar-refractivity contribution >= 4 is 17.5 Å². The Hall–Kier alpha value is -3.35. The number of benzene rings is 1. The Balaban J connectivity index is 1.88. The van der Waals surface area contributed by atoms with Crippen molar-refractivity contribution in [3.05, 3.63) is 65.9 Å². The second-order valence-electron chi connectivity index (χ2n) is 5.98. The van der Waals surface area contributed by atoms with Gasteiger partial charge in [0.2, 0.25) is 5.95 Å². The highest BCUT2D eigenvalue weighted by molar-refractivity contribution is 5.93. The van der Waals surface area contributed by atoms with E-state index < -0.39 is 0 Å². The van der Waals surface area contributed by atoms with Crippen LogP contribution in [0.15, 0.2) is 48.8 Å². The van der Waals surface area contributed by atoms with E-state index in [2.05, 4.69) is 20.3 Å². The van der Waals surface area contributed by atoms with E-state index in [0.717, 1.165) is 5.56 Å². The molecule has 0 aliphatic heterocycles. The van der Waals surface area contributed by atoms with Gasteiger partial charge in [-0.3, -0.25) is 9.78 Å². The van der Waals surface area contributed by atoms with Crippen LogP contribution in [0, 0.1) is 12.7 Å². The Morgan fingerprint density at radius 2 is 1.85 bits per heavy atom. The van der Waals surface area contributed by atoms with Crippen LogP contribution in [0.1, 0.15) is 16.1 Å². The number of amides is 1. The van der Waals surface area contributed by atoms with Crippen LogP contribution in [0.5, 0.6) is 0 Å². The maximum absolute atomic E-state index is 13.4. The average molecular weight is 351 g/mol. The number of carbonyl (C=O) groups excluding carboxylic acids is 1. The molecule has 0 saturated heterocycles. The summed E-state index contributed by atoms with van der Waals surface area (Å²) < 4.78 is 13.4. The summed E-state index contributed by atoms with van der Waals surface area (Å²) in [4.78, 5) is 26.3. The maximum Gasteiger partial charge on any atom is 0.271 e. The van der Waals surface area contributed by atoms with E-state index in [-0.39, 0.29) is 11.7 Å². The lowest BCUT2D eigenvalue weighted by Crippen LogP contribution is -2.22. The Morgan fingerprint density at radius 3 is 2.58 bits per heavy atom. The molecule has 3 aromatic rings. The van der Waals surface area contributed by atoms with Crippen LogP contribution in [-0.4, -0.2) is 39.9 Å². The standard InChI is InChI=1S/C19H18FN5O/c1-12-10-14(4-5-15(12)20)23-19-22-9-7-16(24-19)13-6-8-21-17(11-13)18(26)25(2)3/h4-11H,1-3H3,(H,22,23,24). The van der Waals surface area contributed by atoms with Crippen molar-refractivity contribution in [3.63, 3.8) is 0 Å². The molecule has 2 heterocycles. The van der Waals surface area contributed by atoms with E-state index in [0.29, 0.717) is 28.6 Å². The minimum absolute atomic E-state index is 0.180. The van der Waals surface area contributed by atoms with Gasteiger partial charge in [-0.25, -0.2) is 14.4 Å². The third-order valence-corrected chi connectivity index (χ3v) is 3.75. The molecule has 132 valence electrons. The smallest absolute Gasteiger partial charge is 0.271 e. The molecule has 0 bridgehead atoms. The van der Waals surface area contributed by atoms with Gasteiger partial charge in [-0.15, -0.1) is 0 Å². The minimum Gasteiger partial charge on any atom is -0.343 e. The average Bonchev–Trinajstić information content (AvgIpc) is 2.64. The van der Waals surface area contributed by atoms with Gasteiger partial charge in [-0.05, 0) is 48.9 Å². The molecule has 0 unspecified atom stereocenters. The number of carbonyl (C=O) groups is 1. The number of nitrogens with zero attached hydrogens (tertiary/aromatic N) is 4. The number of pyridine rings is 1. The molecule has 0 radical (unpaired) electrons. The second kappa shape index (κ2) is 7.26. The van der Waals surface area contributed by atoms with Crippen LogP contribution >= 0.6 is 0 Å². The minimum atomic E-state index is -0.264. The highest BCUT2D eigenvalue weighted by Crippen LogP contribution is 2.21. The lowest BCUT2D eigenvalue weighted by molar-refractivity contribution is 0.0822. The van der Waals surface area contributed by atoms with Gasteiger partial charge in [0.1, 0.15) is 11.5 Å². The summed E-state index contributed by atoms with van der Waals surface area (Å²) in [6, 6.07) is 9.92. The van der Waals surface area contributed by atoms with Crippen LogP contribution in [0.2, 0.25) is 0 Å². The molecule has 0 atom stereocenters. The number of rotatable bonds is 4. The summed E-state index contributed by atoms with van der Waals surface area (Å²) in [5.74, 6) is -0.0630. The zero-order chi connectivity index (χ0) is 18.7. The molecule has 6 nitrogen and oxygen atoms in total. The first-order valence-corrected chi connectivity index (χ1v) is 7.98. The monoisotopic (exact) mass is 351 g/mol. The summed E-state index contributed by atoms with van der Waals surface area (Å²) >= 11 is 0. The van der Waals surface area contributed by atoms with Gasteiger partial charge in [-0.2, -0.15) is 0 Å². The Labute approximate surface area is 150 Å². The molecular formula is C19H18FN5O. The molecule has 0 aliphatic rings. The van der Waals surface area contributed by atoms with Gasteiger partial charge < -0.3 is 10.2 Å². The summed E-state index contributed by atoms with van der Waals surface area (Å²) in [5, 5.41) is 3.06. The predicted molar refractivity (Wildman–Crippen MR) is 97.7 cm³/mol. The summed E-state index contributed by atoms with van der Waals surface area (Å²) in [6.45, 7) is 1.69. The molecule has 0 fully saturated rings. The number of anilines is 2. The Kier molecular flexibility index (Phi) is 4.88. The first-order chi connectivity index (χ1) is 12.4. The van der Waals surface area contributed by atoms with Crippen molar-refractivity contribution in [2.75, 3.05) is 19.4 Å². The first-order valence-electron chi connectivity index (χ1n) is 7.98. The summed E-state index contributed by atoms with van der Waals surface area (Å²) in [6.07, 6.45) is 3.19. The van der Waals surface area contributed by atoms with E-state index in [1.54, 1.807) is 63.7 Å². The van der Waals surface area contributed by atoms with Crippen LogP contribution in [0.25, 0.3) is 11.3 Å². The third-order valence-electron chi connectivity index (χ3n) is 3.75. The number of hydrogen-bond donors (Lipinski definition) is 1. The molecule has 0 aliphatic carbocycles. The zero-order valence-electron chi connectivity index (χ0n) is 14.7.